The Hall–Kier alpha value is -2.11. The second-order valence-electron chi connectivity index (χ2n) is 4.16. The molecule has 0 radical (unpaired) electrons. The van der Waals surface area contributed by atoms with Crippen LogP contribution in [0.4, 0.5) is 5.82 Å². The van der Waals surface area contributed by atoms with Crippen molar-refractivity contribution in [3.63, 3.8) is 0 Å². The molecule has 2 N–H and O–H groups in total. The lowest BCUT2D eigenvalue weighted by molar-refractivity contribution is 0.454. The number of nitrogens with two attached hydrogens (primary N) is 1. The SMILES string of the molecule is CCCc1nc(N)c(C)c(Oc2cnn(C)c2)n1. The summed E-state index contributed by atoms with van der Waals surface area (Å²) in [4.78, 5) is 8.61. The van der Waals surface area contributed by atoms with E-state index in [9.17, 15) is 0 Å². The quantitative estimate of drug-likeness (QED) is 0.891. The fraction of sp³-hybridized carbons (Fsp3) is 0.417. The van der Waals surface area contributed by atoms with Crippen molar-refractivity contribution in [1.82, 2.24) is 19.7 Å². The molecule has 0 aliphatic heterocycles. The van der Waals surface area contributed by atoms with Gasteiger partial charge in [-0.2, -0.15) is 10.1 Å². The van der Waals surface area contributed by atoms with Crippen molar-refractivity contribution in [3.8, 4) is 11.6 Å². The number of rotatable bonds is 4. The van der Waals surface area contributed by atoms with Gasteiger partial charge >= 0.3 is 0 Å². The lowest BCUT2D eigenvalue weighted by Gasteiger charge is -2.09. The first kappa shape index (κ1) is 12.3. The highest BCUT2D eigenvalue weighted by atomic mass is 16.5. The molecule has 18 heavy (non-hydrogen) atoms. The van der Waals surface area contributed by atoms with E-state index in [-0.39, 0.29) is 0 Å². The van der Waals surface area contributed by atoms with Gasteiger partial charge in [0.25, 0.3) is 0 Å². The van der Waals surface area contributed by atoms with Gasteiger partial charge in [0.2, 0.25) is 5.88 Å². The summed E-state index contributed by atoms with van der Waals surface area (Å²) in [6, 6.07) is 0. The van der Waals surface area contributed by atoms with Crippen LogP contribution in [0.1, 0.15) is 24.7 Å². The molecule has 2 heterocycles. The maximum absolute atomic E-state index is 5.86. The molecule has 0 bridgehead atoms. The van der Waals surface area contributed by atoms with Crippen LogP contribution in [-0.4, -0.2) is 19.7 Å². The fourth-order valence-electron chi connectivity index (χ4n) is 1.56. The third-order valence-electron chi connectivity index (χ3n) is 2.55. The lowest BCUT2D eigenvalue weighted by Crippen LogP contribution is -2.04. The molecule has 2 rings (SSSR count). The zero-order valence-corrected chi connectivity index (χ0v) is 10.8. The van der Waals surface area contributed by atoms with Crippen molar-refractivity contribution in [2.75, 3.05) is 5.73 Å². The Morgan fingerprint density at radius 2 is 2.17 bits per heavy atom. The Labute approximate surface area is 106 Å². The summed E-state index contributed by atoms with van der Waals surface area (Å²) in [5.41, 5.74) is 6.61. The molecule has 0 fully saturated rings. The number of nitrogens with zero attached hydrogens (tertiary/aromatic N) is 4. The second-order valence-corrected chi connectivity index (χ2v) is 4.16. The molecule has 2 aromatic heterocycles. The van der Waals surface area contributed by atoms with Crippen molar-refractivity contribution >= 4 is 5.82 Å². The Morgan fingerprint density at radius 1 is 1.39 bits per heavy atom. The standard InChI is InChI=1S/C12H17N5O/c1-4-5-10-15-11(13)8(2)12(16-10)18-9-6-14-17(3)7-9/h6-7H,4-5H2,1-3H3,(H2,13,15,16). The van der Waals surface area contributed by atoms with Crippen molar-refractivity contribution < 1.29 is 4.74 Å². The highest BCUT2D eigenvalue weighted by Gasteiger charge is 2.11. The summed E-state index contributed by atoms with van der Waals surface area (Å²) in [5.74, 6) is 2.31. The summed E-state index contributed by atoms with van der Waals surface area (Å²) in [7, 11) is 1.83. The van der Waals surface area contributed by atoms with Crippen molar-refractivity contribution in [2.24, 2.45) is 7.05 Å². The van der Waals surface area contributed by atoms with Crippen LogP contribution in [0, 0.1) is 6.92 Å². The minimum Gasteiger partial charge on any atom is -0.435 e. The van der Waals surface area contributed by atoms with Gasteiger partial charge in [0, 0.05) is 13.5 Å². The Morgan fingerprint density at radius 3 is 2.78 bits per heavy atom. The third-order valence-corrected chi connectivity index (χ3v) is 2.55. The van der Waals surface area contributed by atoms with E-state index in [1.807, 2.05) is 14.0 Å². The van der Waals surface area contributed by atoms with E-state index in [1.54, 1.807) is 17.1 Å². The lowest BCUT2D eigenvalue weighted by atomic mass is 10.3. The van der Waals surface area contributed by atoms with Crippen LogP contribution in [0.5, 0.6) is 11.6 Å². The number of hydrogen-bond acceptors (Lipinski definition) is 5. The van der Waals surface area contributed by atoms with Gasteiger partial charge in [0.1, 0.15) is 11.6 Å². The first-order valence-corrected chi connectivity index (χ1v) is 5.89. The molecule has 2 aromatic rings. The van der Waals surface area contributed by atoms with E-state index in [2.05, 4.69) is 22.0 Å². The zero-order valence-electron chi connectivity index (χ0n) is 10.8. The largest absolute Gasteiger partial charge is 0.435 e. The normalized spacial score (nSPS) is 10.6. The highest BCUT2D eigenvalue weighted by Crippen LogP contribution is 2.25. The number of ether oxygens (including phenoxy) is 1. The fourth-order valence-corrected chi connectivity index (χ4v) is 1.56. The molecule has 0 saturated heterocycles. The van der Waals surface area contributed by atoms with E-state index in [0.29, 0.717) is 23.3 Å². The van der Waals surface area contributed by atoms with Crippen LogP contribution in [0.3, 0.4) is 0 Å². The number of aryl methyl sites for hydroxylation is 2. The number of hydrogen-bond donors (Lipinski definition) is 1. The molecule has 0 atom stereocenters. The maximum atomic E-state index is 5.86. The van der Waals surface area contributed by atoms with Crippen molar-refractivity contribution in [2.45, 2.75) is 26.7 Å². The Bertz CT molecular complexity index is 549. The molecule has 0 aromatic carbocycles. The first-order valence-electron chi connectivity index (χ1n) is 5.89. The number of anilines is 1. The summed E-state index contributed by atoms with van der Waals surface area (Å²) in [6.45, 7) is 3.91. The average molecular weight is 247 g/mol. The molecule has 6 heteroatoms. The predicted molar refractivity (Wildman–Crippen MR) is 68.5 cm³/mol. The molecule has 96 valence electrons. The minimum absolute atomic E-state index is 0.465. The van der Waals surface area contributed by atoms with Crippen molar-refractivity contribution in [3.05, 3.63) is 23.8 Å². The van der Waals surface area contributed by atoms with E-state index in [1.165, 1.54) is 0 Å². The van der Waals surface area contributed by atoms with Crippen LogP contribution in [-0.2, 0) is 13.5 Å². The molecule has 0 unspecified atom stereocenters. The molecule has 0 spiro atoms. The number of aromatic nitrogens is 4. The minimum atomic E-state index is 0.465. The van der Waals surface area contributed by atoms with Crippen LogP contribution in [0.15, 0.2) is 12.4 Å². The van der Waals surface area contributed by atoms with Gasteiger partial charge in [-0.05, 0) is 13.3 Å². The smallest absolute Gasteiger partial charge is 0.227 e. The van der Waals surface area contributed by atoms with Gasteiger partial charge in [0.15, 0.2) is 5.75 Å². The Balaban J connectivity index is 2.31. The summed E-state index contributed by atoms with van der Waals surface area (Å²) >= 11 is 0. The maximum Gasteiger partial charge on any atom is 0.227 e. The van der Waals surface area contributed by atoms with E-state index in [0.717, 1.165) is 18.4 Å². The van der Waals surface area contributed by atoms with Gasteiger partial charge in [-0.1, -0.05) is 6.92 Å². The van der Waals surface area contributed by atoms with Gasteiger partial charge < -0.3 is 10.5 Å². The van der Waals surface area contributed by atoms with E-state index in [4.69, 9.17) is 10.5 Å². The third kappa shape index (κ3) is 2.58. The summed E-state index contributed by atoms with van der Waals surface area (Å²) in [6.07, 6.45) is 5.16. The molecular weight excluding hydrogens is 230 g/mol. The topological polar surface area (TPSA) is 78.9 Å². The zero-order chi connectivity index (χ0) is 13.1. The molecule has 0 saturated carbocycles. The number of nitrogen functional groups attached to an aromatic ring is 1. The van der Waals surface area contributed by atoms with E-state index >= 15 is 0 Å². The molecular formula is C12H17N5O. The summed E-state index contributed by atoms with van der Waals surface area (Å²) in [5, 5.41) is 4.04. The van der Waals surface area contributed by atoms with Gasteiger partial charge in [-0.25, -0.2) is 4.98 Å². The van der Waals surface area contributed by atoms with Crippen LogP contribution in [0.2, 0.25) is 0 Å². The molecule has 6 nitrogen and oxygen atoms in total. The second kappa shape index (κ2) is 5.03. The molecule has 0 aliphatic rings. The highest BCUT2D eigenvalue weighted by molar-refractivity contribution is 5.45. The summed E-state index contributed by atoms with van der Waals surface area (Å²) < 4.78 is 7.35. The van der Waals surface area contributed by atoms with Crippen molar-refractivity contribution in [1.29, 1.82) is 0 Å². The van der Waals surface area contributed by atoms with Gasteiger partial charge in [0.05, 0.1) is 18.0 Å². The van der Waals surface area contributed by atoms with Crippen LogP contribution in [0.25, 0.3) is 0 Å². The predicted octanol–water partition coefficient (Wildman–Crippen LogP) is 1.85. The Kier molecular flexibility index (Phi) is 3.45. The molecule has 0 aliphatic carbocycles. The van der Waals surface area contributed by atoms with Gasteiger partial charge in [-0.15, -0.1) is 0 Å². The molecule has 0 amide bonds. The monoisotopic (exact) mass is 247 g/mol. The van der Waals surface area contributed by atoms with Crippen LogP contribution >= 0.6 is 0 Å². The van der Waals surface area contributed by atoms with Gasteiger partial charge in [-0.3, -0.25) is 4.68 Å². The van der Waals surface area contributed by atoms with E-state index < -0.39 is 0 Å². The average Bonchev–Trinajstić information content (AvgIpc) is 2.71. The van der Waals surface area contributed by atoms with Crippen LogP contribution < -0.4 is 10.5 Å². The first-order chi connectivity index (χ1) is 8.60.